The molecule has 0 unspecified atom stereocenters. The van der Waals surface area contributed by atoms with E-state index in [2.05, 4.69) is 5.32 Å². The van der Waals surface area contributed by atoms with Crippen molar-refractivity contribution in [3.05, 3.63) is 0 Å². The van der Waals surface area contributed by atoms with Crippen LogP contribution in [0.1, 0.15) is 26.2 Å². The van der Waals surface area contributed by atoms with E-state index in [1.54, 1.807) is 0 Å². The number of carboxylic acids is 2. The van der Waals surface area contributed by atoms with E-state index in [4.69, 9.17) is 10.2 Å². The predicted molar refractivity (Wildman–Crippen MR) is 68.2 cm³/mol. The van der Waals surface area contributed by atoms with Gasteiger partial charge in [0.2, 0.25) is 11.8 Å². The van der Waals surface area contributed by atoms with Crippen LogP contribution in [0.25, 0.3) is 0 Å². The first-order chi connectivity index (χ1) is 9.72. The highest BCUT2D eigenvalue weighted by Gasteiger charge is 2.38. The monoisotopic (exact) mass is 302 g/mol. The van der Waals surface area contributed by atoms with Gasteiger partial charge in [0.15, 0.2) is 0 Å². The Hall–Kier alpha value is -2.16. The number of hydrogen-bond donors (Lipinski definition) is 4. The minimum absolute atomic E-state index is 0.0142. The van der Waals surface area contributed by atoms with E-state index < -0.39 is 48.4 Å². The molecule has 0 spiro atoms. The van der Waals surface area contributed by atoms with E-state index in [-0.39, 0.29) is 19.4 Å². The zero-order chi connectivity index (χ0) is 16.2. The molecule has 9 heteroatoms. The highest BCUT2D eigenvalue weighted by molar-refractivity contribution is 5.90. The molecule has 4 N–H and O–H groups in total. The van der Waals surface area contributed by atoms with Crippen LogP contribution in [0.5, 0.6) is 0 Å². The lowest BCUT2D eigenvalue weighted by Crippen LogP contribution is -2.50. The molecule has 9 nitrogen and oxygen atoms in total. The average Bonchev–Trinajstić information content (AvgIpc) is 2.76. The van der Waals surface area contributed by atoms with E-state index in [1.165, 1.54) is 6.92 Å². The maximum absolute atomic E-state index is 12.0. The molecule has 1 fully saturated rings. The molecule has 2 amide bonds. The van der Waals surface area contributed by atoms with Crippen LogP contribution in [0.15, 0.2) is 0 Å². The summed E-state index contributed by atoms with van der Waals surface area (Å²) in [5.41, 5.74) is 0. The molecule has 0 aromatic heterocycles. The first kappa shape index (κ1) is 16.9. The summed E-state index contributed by atoms with van der Waals surface area (Å²) in [6.07, 6.45) is -1.48. The lowest BCUT2D eigenvalue weighted by Gasteiger charge is -2.23. The van der Waals surface area contributed by atoms with E-state index in [1.807, 2.05) is 0 Å². The summed E-state index contributed by atoms with van der Waals surface area (Å²) in [5.74, 6) is -3.63. The number of nitrogens with zero attached hydrogens (tertiary/aromatic N) is 1. The number of rotatable bonds is 6. The van der Waals surface area contributed by atoms with Gasteiger partial charge in [0.25, 0.3) is 0 Å². The molecule has 0 bridgehead atoms. The normalized spacial score (nSPS) is 22.7. The summed E-state index contributed by atoms with van der Waals surface area (Å²) in [6, 6.07) is -2.29. The van der Waals surface area contributed by atoms with Crippen LogP contribution < -0.4 is 5.32 Å². The molecule has 0 aliphatic carbocycles. The summed E-state index contributed by atoms with van der Waals surface area (Å²) in [5, 5.41) is 29.2. The number of amides is 2. The maximum Gasteiger partial charge on any atom is 0.326 e. The summed E-state index contributed by atoms with van der Waals surface area (Å²) >= 11 is 0. The number of aliphatic hydroxyl groups is 1. The highest BCUT2D eigenvalue weighted by atomic mass is 16.4. The van der Waals surface area contributed by atoms with Crippen molar-refractivity contribution in [3.63, 3.8) is 0 Å². The van der Waals surface area contributed by atoms with Crippen molar-refractivity contribution in [2.24, 2.45) is 0 Å². The van der Waals surface area contributed by atoms with Gasteiger partial charge in [-0.25, -0.2) is 4.79 Å². The molecule has 1 saturated heterocycles. The Morgan fingerprint density at radius 3 is 2.38 bits per heavy atom. The van der Waals surface area contributed by atoms with Crippen LogP contribution in [0.4, 0.5) is 0 Å². The molecule has 1 aliphatic rings. The number of carbonyl (C=O) groups is 4. The van der Waals surface area contributed by atoms with Gasteiger partial charge in [-0.05, 0) is 6.42 Å². The van der Waals surface area contributed by atoms with Crippen molar-refractivity contribution in [1.29, 1.82) is 0 Å². The molecule has 3 atom stereocenters. The highest BCUT2D eigenvalue weighted by Crippen LogP contribution is 2.18. The van der Waals surface area contributed by atoms with Gasteiger partial charge >= 0.3 is 11.9 Å². The van der Waals surface area contributed by atoms with Crippen molar-refractivity contribution in [2.75, 3.05) is 6.54 Å². The number of aliphatic hydroxyl groups excluding tert-OH is 1. The summed E-state index contributed by atoms with van der Waals surface area (Å²) in [7, 11) is 0. The Labute approximate surface area is 120 Å². The number of carbonyl (C=O) groups excluding carboxylic acids is 2. The second-order valence-electron chi connectivity index (χ2n) is 4.91. The van der Waals surface area contributed by atoms with Gasteiger partial charge in [-0.2, -0.15) is 0 Å². The van der Waals surface area contributed by atoms with Crippen molar-refractivity contribution < 1.29 is 34.5 Å². The molecule has 1 aliphatic heterocycles. The summed E-state index contributed by atoms with van der Waals surface area (Å²) in [4.78, 5) is 46.0. The van der Waals surface area contributed by atoms with E-state index in [0.29, 0.717) is 0 Å². The topological polar surface area (TPSA) is 144 Å². The van der Waals surface area contributed by atoms with Gasteiger partial charge in [0.1, 0.15) is 12.1 Å². The fourth-order valence-electron chi connectivity index (χ4n) is 2.20. The predicted octanol–water partition coefficient (Wildman–Crippen LogP) is -1.60. The fourth-order valence-corrected chi connectivity index (χ4v) is 2.20. The molecule has 118 valence electrons. The third-order valence-electron chi connectivity index (χ3n) is 3.25. The Morgan fingerprint density at radius 1 is 1.29 bits per heavy atom. The van der Waals surface area contributed by atoms with Gasteiger partial charge in [-0.15, -0.1) is 0 Å². The van der Waals surface area contributed by atoms with Crippen LogP contribution >= 0.6 is 0 Å². The smallest absolute Gasteiger partial charge is 0.326 e. The number of β-amino-alcohol motifs (C(OH)–C–C–N with tert-alkyl or cyclic N) is 1. The number of hydrogen-bond acceptors (Lipinski definition) is 5. The van der Waals surface area contributed by atoms with Crippen molar-refractivity contribution in [3.8, 4) is 0 Å². The molecule has 0 aromatic carbocycles. The third kappa shape index (κ3) is 4.71. The van der Waals surface area contributed by atoms with Crippen LogP contribution in [0, 0.1) is 0 Å². The number of likely N-dealkylation sites (tertiary alicyclic amines) is 1. The van der Waals surface area contributed by atoms with E-state index >= 15 is 0 Å². The van der Waals surface area contributed by atoms with Gasteiger partial charge in [0.05, 0.1) is 6.10 Å². The van der Waals surface area contributed by atoms with Crippen molar-refractivity contribution >= 4 is 23.8 Å². The first-order valence-electron chi connectivity index (χ1n) is 6.42. The van der Waals surface area contributed by atoms with Gasteiger partial charge < -0.3 is 25.5 Å². The Balaban J connectivity index is 2.70. The molecular weight excluding hydrogens is 284 g/mol. The fraction of sp³-hybridized carbons (Fsp3) is 0.667. The van der Waals surface area contributed by atoms with E-state index in [9.17, 15) is 24.3 Å². The largest absolute Gasteiger partial charge is 0.481 e. The van der Waals surface area contributed by atoms with Gasteiger partial charge in [-0.1, -0.05) is 0 Å². The van der Waals surface area contributed by atoms with E-state index in [0.717, 1.165) is 4.90 Å². The Bertz CT molecular complexity index is 451. The second-order valence-corrected chi connectivity index (χ2v) is 4.91. The zero-order valence-electron chi connectivity index (χ0n) is 11.5. The summed E-state index contributed by atoms with van der Waals surface area (Å²) < 4.78 is 0. The quantitative estimate of drug-likeness (QED) is 0.462. The zero-order valence-corrected chi connectivity index (χ0v) is 11.5. The standard InChI is InChI=1S/C12H18N2O7/c1-6(15)14-5-7(16)4-9(14)11(19)13-8(12(20)21)2-3-10(17)18/h7-9,16H,2-5H2,1H3,(H,13,19)(H,17,18)(H,20,21)/t7-,8+,9+/m1/s1. The Morgan fingerprint density at radius 2 is 1.90 bits per heavy atom. The second kappa shape index (κ2) is 7.02. The third-order valence-corrected chi connectivity index (χ3v) is 3.25. The van der Waals surface area contributed by atoms with Crippen LogP contribution in [0.3, 0.4) is 0 Å². The molecule has 0 radical (unpaired) electrons. The number of carboxylic acid groups (broad SMARTS) is 2. The SMILES string of the molecule is CC(=O)N1C[C@H](O)C[C@H]1C(=O)N[C@@H](CCC(=O)O)C(=O)O. The molecule has 1 heterocycles. The molecule has 21 heavy (non-hydrogen) atoms. The molecular formula is C12H18N2O7. The van der Waals surface area contributed by atoms with Crippen LogP contribution in [-0.4, -0.2) is 68.7 Å². The van der Waals surface area contributed by atoms with Crippen molar-refractivity contribution in [2.45, 2.75) is 44.4 Å². The van der Waals surface area contributed by atoms with Gasteiger partial charge in [0, 0.05) is 26.3 Å². The number of nitrogens with one attached hydrogen (secondary N) is 1. The first-order valence-corrected chi connectivity index (χ1v) is 6.42. The lowest BCUT2D eigenvalue weighted by molar-refractivity contribution is -0.144. The Kier molecular flexibility index (Phi) is 5.65. The minimum atomic E-state index is -1.35. The van der Waals surface area contributed by atoms with Crippen molar-refractivity contribution in [1.82, 2.24) is 10.2 Å². The van der Waals surface area contributed by atoms with Crippen LogP contribution in [0.2, 0.25) is 0 Å². The maximum atomic E-state index is 12.0. The average molecular weight is 302 g/mol. The molecule has 0 aromatic rings. The molecule has 0 saturated carbocycles. The summed E-state index contributed by atoms with van der Waals surface area (Å²) in [6.45, 7) is 1.26. The van der Waals surface area contributed by atoms with Crippen LogP contribution in [-0.2, 0) is 19.2 Å². The molecule has 1 rings (SSSR count). The van der Waals surface area contributed by atoms with Gasteiger partial charge in [-0.3, -0.25) is 14.4 Å². The lowest BCUT2D eigenvalue weighted by atomic mass is 10.1. The minimum Gasteiger partial charge on any atom is -0.481 e. The number of aliphatic carboxylic acids is 2.